The van der Waals surface area contributed by atoms with Crippen molar-refractivity contribution >= 4 is 17.5 Å². The Morgan fingerprint density at radius 3 is 2.95 bits per heavy atom. The van der Waals surface area contributed by atoms with Gasteiger partial charge in [0.25, 0.3) is 5.91 Å². The number of nitrogens with zero attached hydrogens (tertiary/aromatic N) is 1. The smallest absolute Gasteiger partial charge is 0.251 e. The van der Waals surface area contributed by atoms with Crippen molar-refractivity contribution in [2.45, 2.75) is 30.9 Å². The number of morpholine rings is 1. The van der Waals surface area contributed by atoms with Gasteiger partial charge in [0, 0.05) is 30.6 Å². The first-order valence-corrected chi connectivity index (χ1v) is 8.08. The summed E-state index contributed by atoms with van der Waals surface area (Å²) in [7, 11) is 0. The zero-order valence-corrected chi connectivity index (χ0v) is 12.8. The average molecular weight is 309 g/mol. The third-order valence-electron chi connectivity index (χ3n) is 4.32. The van der Waals surface area contributed by atoms with Gasteiger partial charge in [0.2, 0.25) is 0 Å². The molecular weight excluding hydrogens is 288 g/mol. The molecule has 0 bridgehead atoms. The van der Waals surface area contributed by atoms with E-state index in [4.69, 9.17) is 16.3 Å². The highest BCUT2D eigenvalue weighted by Gasteiger charge is 2.32. The largest absolute Gasteiger partial charge is 0.373 e. The molecule has 2 heterocycles. The summed E-state index contributed by atoms with van der Waals surface area (Å²) in [4.78, 5) is 14.6. The topological polar surface area (TPSA) is 41.6 Å². The van der Waals surface area contributed by atoms with Crippen LogP contribution >= 0.6 is 11.6 Å². The predicted molar refractivity (Wildman–Crippen MR) is 82.7 cm³/mol. The third-order valence-corrected chi connectivity index (χ3v) is 4.63. The van der Waals surface area contributed by atoms with Gasteiger partial charge in [-0.3, -0.25) is 9.69 Å². The first-order valence-electron chi connectivity index (χ1n) is 7.55. The van der Waals surface area contributed by atoms with Crippen molar-refractivity contribution in [3.8, 4) is 0 Å². The molecule has 2 fully saturated rings. The molecule has 0 spiro atoms. The molecule has 5 heteroatoms. The number of carbonyl (C=O) groups is 1. The van der Waals surface area contributed by atoms with Crippen molar-refractivity contribution < 1.29 is 9.53 Å². The first-order chi connectivity index (χ1) is 10.3. The minimum absolute atomic E-state index is 0.0525. The van der Waals surface area contributed by atoms with Crippen LogP contribution in [-0.2, 0) is 10.6 Å². The van der Waals surface area contributed by atoms with E-state index in [9.17, 15) is 4.79 Å². The number of rotatable bonds is 4. The van der Waals surface area contributed by atoms with E-state index in [0.29, 0.717) is 24.0 Å². The second-order valence-electron chi connectivity index (χ2n) is 5.79. The number of fused-ring (bicyclic) bond motifs is 1. The van der Waals surface area contributed by atoms with Crippen LogP contribution in [-0.4, -0.2) is 49.2 Å². The Morgan fingerprint density at radius 2 is 2.19 bits per heavy atom. The molecule has 0 aliphatic carbocycles. The first kappa shape index (κ1) is 14.8. The summed E-state index contributed by atoms with van der Waals surface area (Å²) in [6.07, 6.45) is 2.61. The summed E-state index contributed by atoms with van der Waals surface area (Å²) in [6.45, 7) is 3.46. The Balaban J connectivity index is 1.49. The maximum absolute atomic E-state index is 12.1. The van der Waals surface area contributed by atoms with Gasteiger partial charge < -0.3 is 10.1 Å². The molecule has 0 saturated carbocycles. The summed E-state index contributed by atoms with van der Waals surface area (Å²) >= 11 is 5.74. The molecule has 114 valence electrons. The molecule has 0 aromatic heterocycles. The predicted octanol–water partition coefficient (Wildman–Crippen LogP) is 2.02. The maximum atomic E-state index is 12.1. The standard InChI is InChI=1S/C16H21ClN2O2/c17-8-12-3-5-13(6-4-12)16(20)18-9-15-10-19-7-1-2-14(19)11-21-15/h3-6,14-15H,1-2,7-11H2,(H,18,20). The molecule has 1 amide bonds. The average Bonchev–Trinajstić information content (AvgIpc) is 3.00. The normalized spacial score (nSPS) is 25.6. The fourth-order valence-corrected chi connectivity index (χ4v) is 3.24. The van der Waals surface area contributed by atoms with Gasteiger partial charge in [-0.1, -0.05) is 12.1 Å². The summed E-state index contributed by atoms with van der Waals surface area (Å²) in [5.41, 5.74) is 1.68. The van der Waals surface area contributed by atoms with Crippen LogP contribution in [0.1, 0.15) is 28.8 Å². The van der Waals surface area contributed by atoms with Crippen LogP contribution in [0.4, 0.5) is 0 Å². The van der Waals surface area contributed by atoms with Gasteiger partial charge >= 0.3 is 0 Å². The van der Waals surface area contributed by atoms with E-state index >= 15 is 0 Å². The van der Waals surface area contributed by atoms with E-state index in [1.54, 1.807) is 0 Å². The van der Waals surface area contributed by atoms with E-state index in [1.807, 2.05) is 24.3 Å². The van der Waals surface area contributed by atoms with E-state index in [2.05, 4.69) is 10.2 Å². The Hall–Kier alpha value is -1.10. The number of hydrogen-bond acceptors (Lipinski definition) is 3. The molecule has 1 aromatic rings. The quantitative estimate of drug-likeness (QED) is 0.865. The van der Waals surface area contributed by atoms with Crippen molar-refractivity contribution in [3.63, 3.8) is 0 Å². The number of alkyl halides is 1. The van der Waals surface area contributed by atoms with Crippen LogP contribution < -0.4 is 5.32 Å². The molecule has 2 saturated heterocycles. The molecule has 0 radical (unpaired) electrons. The van der Waals surface area contributed by atoms with Gasteiger partial charge in [0.15, 0.2) is 0 Å². The number of carbonyl (C=O) groups excluding carboxylic acids is 1. The number of hydrogen-bond donors (Lipinski definition) is 1. The minimum Gasteiger partial charge on any atom is -0.373 e. The van der Waals surface area contributed by atoms with E-state index < -0.39 is 0 Å². The monoisotopic (exact) mass is 308 g/mol. The van der Waals surface area contributed by atoms with Crippen molar-refractivity contribution in [3.05, 3.63) is 35.4 Å². The molecule has 4 nitrogen and oxygen atoms in total. The summed E-state index contributed by atoms with van der Waals surface area (Å²) in [5.74, 6) is 0.415. The molecule has 21 heavy (non-hydrogen) atoms. The van der Waals surface area contributed by atoms with E-state index in [1.165, 1.54) is 19.4 Å². The number of benzene rings is 1. The Morgan fingerprint density at radius 1 is 1.38 bits per heavy atom. The van der Waals surface area contributed by atoms with E-state index in [0.717, 1.165) is 18.7 Å². The highest BCUT2D eigenvalue weighted by atomic mass is 35.5. The minimum atomic E-state index is -0.0525. The summed E-state index contributed by atoms with van der Waals surface area (Å²) in [6, 6.07) is 7.98. The van der Waals surface area contributed by atoms with Crippen molar-refractivity contribution in [1.29, 1.82) is 0 Å². The van der Waals surface area contributed by atoms with Crippen LogP contribution in [0.15, 0.2) is 24.3 Å². The van der Waals surface area contributed by atoms with Crippen LogP contribution in [0.3, 0.4) is 0 Å². The summed E-state index contributed by atoms with van der Waals surface area (Å²) < 4.78 is 5.84. The fourth-order valence-electron chi connectivity index (χ4n) is 3.06. The molecule has 1 N–H and O–H groups in total. The fraction of sp³-hybridized carbons (Fsp3) is 0.562. The van der Waals surface area contributed by atoms with Gasteiger partial charge in [-0.15, -0.1) is 11.6 Å². The van der Waals surface area contributed by atoms with Crippen molar-refractivity contribution in [2.75, 3.05) is 26.2 Å². The zero-order chi connectivity index (χ0) is 14.7. The molecule has 2 unspecified atom stereocenters. The van der Waals surface area contributed by atoms with Crippen LogP contribution in [0.25, 0.3) is 0 Å². The van der Waals surface area contributed by atoms with E-state index in [-0.39, 0.29) is 12.0 Å². The lowest BCUT2D eigenvalue weighted by atomic mass is 10.1. The van der Waals surface area contributed by atoms with Gasteiger partial charge in [0.1, 0.15) is 0 Å². The number of halogens is 1. The molecule has 2 atom stereocenters. The second-order valence-corrected chi connectivity index (χ2v) is 6.05. The highest BCUT2D eigenvalue weighted by Crippen LogP contribution is 2.22. The van der Waals surface area contributed by atoms with Crippen LogP contribution in [0, 0.1) is 0 Å². The maximum Gasteiger partial charge on any atom is 0.251 e. The number of nitrogens with one attached hydrogen (secondary N) is 1. The van der Waals surface area contributed by atoms with Gasteiger partial charge in [-0.25, -0.2) is 0 Å². The van der Waals surface area contributed by atoms with Crippen LogP contribution in [0.5, 0.6) is 0 Å². The number of amides is 1. The molecule has 2 aliphatic rings. The lowest BCUT2D eigenvalue weighted by molar-refractivity contribution is -0.0461. The Kier molecular flexibility index (Phi) is 4.78. The van der Waals surface area contributed by atoms with Gasteiger partial charge in [0.05, 0.1) is 12.7 Å². The van der Waals surface area contributed by atoms with Gasteiger partial charge in [-0.05, 0) is 37.1 Å². The van der Waals surface area contributed by atoms with Crippen molar-refractivity contribution in [2.24, 2.45) is 0 Å². The second kappa shape index (κ2) is 6.77. The lowest BCUT2D eigenvalue weighted by Crippen LogP contribution is -2.50. The zero-order valence-electron chi connectivity index (χ0n) is 12.1. The Bertz CT molecular complexity index is 492. The molecule has 3 rings (SSSR count). The highest BCUT2D eigenvalue weighted by molar-refractivity contribution is 6.17. The third kappa shape index (κ3) is 3.57. The number of ether oxygens (including phenoxy) is 1. The molecule has 1 aromatic carbocycles. The molecule has 2 aliphatic heterocycles. The van der Waals surface area contributed by atoms with Crippen molar-refractivity contribution in [1.82, 2.24) is 10.2 Å². The van der Waals surface area contributed by atoms with Gasteiger partial charge in [-0.2, -0.15) is 0 Å². The van der Waals surface area contributed by atoms with Crippen LogP contribution in [0.2, 0.25) is 0 Å². The summed E-state index contributed by atoms with van der Waals surface area (Å²) in [5, 5.41) is 2.96. The molecular formula is C16H21ClN2O2. The lowest BCUT2D eigenvalue weighted by Gasteiger charge is -2.35. The Labute approximate surface area is 130 Å². The SMILES string of the molecule is O=C(NCC1CN2CCCC2CO1)c1ccc(CCl)cc1.